The number of aromatic nitrogens is 1. The van der Waals surface area contributed by atoms with Gasteiger partial charge in [-0.1, -0.05) is 48.5 Å². The zero-order valence-electron chi connectivity index (χ0n) is 18.2. The second kappa shape index (κ2) is 9.38. The Bertz CT molecular complexity index is 1250. The number of carbonyl (C=O) groups is 1. The zero-order chi connectivity index (χ0) is 22.6. The number of para-hydroxylation sites is 1. The number of amides is 1. The Labute approximate surface area is 192 Å². The van der Waals surface area contributed by atoms with Gasteiger partial charge in [-0.15, -0.1) is 0 Å². The summed E-state index contributed by atoms with van der Waals surface area (Å²) in [5.41, 5.74) is 4.25. The predicted octanol–water partition coefficient (Wildman–Crippen LogP) is 4.95. The van der Waals surface area contributed by atoms with Crippen molar-refractivity contribution in [1.82, 2.24) is 9.88 Å². The summed E-state index contributed by atoms with van der Waals surface area (Å²) in [6.45, 7) is 4.48. The van der Waals surface area contributed by atoms with Gasteiger partial charge < -0.3 is 10.2 Å². The van der Waals surface area contributed by atoms with Crippen LogP contribution >= 0.6 is 0 Å². The van der Waals surface area contributed by atoms with Crippen LogP contribution in [0.2, 0.25) is 0 Å². The highest BCUT2D eigenvalue weighted by atomic mass is 19.1. The molecule has 1 fully saturated rings. The van der Waals surface area contributed by atoms with Crippen molar-refractivity contribution in [2.24, 2.45) is 0 Å². The van der Waals surface area contributed by atoms with E-state index in [1.54, 1.807) is 6.20 Å². The number of pyridine rings is 1. The van der Waals surface area contributed by atoms with Crippen LogP contribution in [-0.2, 0) is 6.54 Å². The van der Waals surface area contributed by atoms with Crippen molar-refractivity contribution < 1.29 is 9.18 Å². The van der Waals surface area contributed by atoms with Crippen molar-refractivity contribution >= 4 is 28.2 Å². The molecule has 166 valence electrons. The highest BCUT2D eigenvalue weighted by molar-refractivity contribution is 6.09. The number of hydrogen-bond acceptors (Lipinski definition) is 4. The molecule has 1 aliphatic rings. The van der Waals surface area contributed by atoms with Gasteiger partial charge in [0, 0.05) is 43.7 Å². The number of nitrogens with one attached hydrogen (secondary N) is 1. The van der Waals surface area contributed by atoms with E-state index < -0.39 is 0 Å². The fourth-order valence-electron chi connectivity index (χ4n) is 4.33. The molecule has 0 spiro atoms. The normalized spacial score (nSPS) is 14.4. The van der Waals surface area contributed by atoms with Gasteiger partial charge in [0.1, 0.15) is 5.82 Å². The van der Waals surface area contributed by atoms with Gasteiger partial charge in [0.25, 0.3) is 5.91 Å². The lowest BCUT2D eigenvalue weighted by atomic mass is 10.1. The summed E-state index contributed by atoms with van der Waals surface area (Å²) in [4.78, 5) is 22.2. The average molecular weight is 441 g/mol. The minimum absolute atomic E-state index is 0.281. The molecule has 2 heterocycles. The number of benzene rings is 3. The first-order valence-electron chi connectivity index (χ1n) is 11.1. The van der Waals surface area contributed by atoms with Gasteiger partial charge in [0.2, 0.25) is 0 Å². The number of halogens is 1. The lowest BCUT2D eigenvalue weighted by Gasteiger charge is -2.37. The van der Waals surface area contributed by atoms with Gasteiger partial charge in [-0.2, -0.15) is 0 Å². The summed E-state index contributed by atoms with van der Waals surface area (Å²) in [6.07, 6.45) is 1.72. The molecule has 4 aromatic rings. The van der Waals surface area contributed by atoms with E-state index in [1.807, 2.05) is 30.3 Å². The first-order valence-corrected chi connectivity index (χ1v) is 11.1. The monoisotopic (exact) mass is 440 g/mol. The molecule has 1 aliphatic heterocycles. The van der Waals surface area contributed by atoms with E-state index >= 15 is 0 Å². The Hall–Kier alpha value is -3.77. The molecule has 1 saturated heterocycles. The van der Waals surface area contributed by atoms with Crippen LogP contribution in [-0.4, -0.2) is 42.0 Å². The summed E-state index contributed by atoms with van der Waals surface area (Å²) in [6, 6.07) is 24.0. The van der Waals surface area contributed by atoms with Crippen LogP contribution in [0.15, 0.2) is 85.1 Å². The molecule has 5 nitrogen and oxygen atoms in total. The second-order valence-corrected chi connectivity index (χ2v) is 8.25. The average Bonchev–Trinajstić information content (AvgIpc) is 2.85. The van der Waals surface area contributed by atoms with E-state index in [0.717, 1.165) is 49.3 Å². The van der Waals surface area contributed by atoms with Crippen LogP contribution < -0.4 is 10.2 Å². The van der Waals surface area contributed by atoms with E-state index in [2.05, 4.69) is 44.4 Å². The molecule has 3 aromatic carbocycles. The molecule has 0 bridgehead atoms. The first kappa shape index (κ1) is 21.1. The van der Waals surface area contributed by atoms with E-state index in [-0.39, 0.29) is 11.7 Å². The number of piperazine rings is 1. The molecule has 0 aliphatic carbocycles. The fraction of sp³-hybridized carbons (Fsp3) is 0.185. The molecule has 1 N–H and O–H groups in total. The molecule has 1 aromatic heterocycles. The Morgan fingerprint density at radius 2 is 1.58 bits per heavy atom. The third-order valence-corrected chi connectivity index (χ3v) is 6.04. The van der Waals surface area contributed by atoms with Crippen LogP contribution in [0.5, 0.6) is 0 Å². The van der Waals surface area contributed by atoms with Crippen LogP contribution in [0.4, 0.5) is 15.8 Å². The summed E-state index contributed by atoms with van der Waals surface area (Å²) < 4.78 is 13.3. The van der Waals surface area contributed by atoms with Crippen LogP contribution in [0.1, 0.15) is 15.9 Å². The number of carbonyl (C=O) groups excluding carboxylic acids is 1. The standard InChI is InChI=1S/C27H25FN4O/c28-22-12-10-21(11-13-22)27(33)30-25-18-29-24-9-5-4-8-23(24)26(25)32-16-14-31(15-17-32)19-20-6-2-1-3-7-20/h1-13,18H,14-17,19H2,(H,30,33). The smallest absolute Gasteiger partial charge is 0.255 e. The van der Waals surface area contributed by atoms with Gasteiger partial charge in [-0.3, -0.25) is 14.7 Å². The van der Waals surface area contributed by atoms with Crippen LogP contribution in [0, 0.1) is 5.82 Å². The third-order valence-electron chi connectivity index (χ3n) is 6.04. The van der Waals surface area contributed by atoms with E-state index in [4.69, 9.17) is 0 Å². The fourth-order valence-corrected chi connectivity index (χ4v) is 4.33. The van der Waals surface area contributed by atoms with Crippen molar-refractivity contribution in [3.8, 4) is 0 Å². The van der Waals surface area contributed by atoms with Gasteiger partial charge in [-0.25, -0.2) is 4.39 Å². The van der Waals surface area contributed by atoms with Gasteiger partial charge in [-0.05, 0) is 35.9 Å². The zero-order valence-corrected chi connectivity index (χ0v) is 18.2. The lowest BCUT2D eigenvalue weighted by Crippen LogP contribution is -2.46. The molecule has 0 unspecified atom stereocenters. The molecular formula is C27H25FN4O. The van der Waals surface area contributed by atoms with Crippen LogP contribution in [0.3, 0.4) is 0 Å². The maximum Gasteiger partial charge on any atom is 0.255 e. The Morgan fingerprint density at radius 1 is 0.879 bits per heavy atom. The summed E-state index contributed by atoms with van der Waals surface area (Å²) in [7, 11) is 0. The topological polar surface area (TPSA) is 48.5 Å². The molecule has 0 saturated carbocycles. The second-order valence-electron chi connectivity index (χ2n) is 8.25. The van der Waals surface area contributed by atoms with Gasteiger partial charge in [0.05, 0.1) is 23.1 Å². The molecule has 6 heteroatoms. The SMILES string of the molecule is O=C(Nc1cnc2ccccc2c1N1CCN(Cc2ccccc2)CC1)c1ccc(F)cc1. The van der Waals surface area contributed by atoms with Gasteiger partial charge >= 0.3 is 0 Å². The summed E-state index contributed by atoms with van der Waals surface area (Å²) in [5.74, 6) is -0.649. The number of rotatable bonds is 5. The lowest BCUT2D eigenvalue weighted by molar-refractivity contribution is 0.102. The molecule has 33 heavy (non-hydrogen) atoms. The van der Waals surface area contributed by atoms with E-state index in [1.165, 1.54) is 29.8 Å². The Kier molecular flexibility index (Phi) is 6.00. The minimum Gasteiger partial charge on any atom is -0.367 e. The molecule has 5 rings (SSSR count). The van der Waals surface area contributed by atoms with Crippen LogP contribution in [0.25, 0.3) is 10.9 Å². The van der Waals surface area contributed by atoms with E-state index in [9.17, 15) is 9.18 Å². The largest absolute Gasteiger partial charge is 0.367 e. The van der Waals surface area contributed by atoms with Crippen molar-refractivity contribution in [2.75, 3.05) is 36.4 Å². The van der Waals surface area contributed by atoms with Crippen molar-refractivity contribution in [3.05, 3.63) is 102 Å². The number of nitrogens with zero attached hydrogens (tertiary/aromatic N) is 3. The van der Waals surface area contributed by atoms with Crippen molar-refractivity contribution in [2.45, 2.75) is 6.54 Å². The predicted molar refractivity (Wildman–Crippen MR) is 130 cm³/mol. The maximum atomic E-state index is 13.3. The number of hydrogen-bond donors (Lipinski definition) is 1. The van der Waals surface area contributed by atoms with Crippen molar-refractivity contribution in [3.63, 3.8) is 0 Å². The highest BCUT2D eigenvalue weighted by Gasteiger charge is 2.23. The molecule has 0 radical (unpaired) electrons. The summed E-state index contributed by atoms with van der Waals surface area (Å²) in [5, 5.41) is 4.01. The minimum atomic E-state index is -0.368. The molecule has 1 amide bonds. The first-order chi connectivity index (χ1) is 16.2. The third kappa shape index (κ3) is 4.71. The van der Waals surface area contributed by atoms with Crippen molar-refractivity contribution in [1.29, 1.82) is 0 Å². The Balaban J connectivity index is 1.39. The van der Waals surface area contributed by atoms with Gasteiger partial charge in [0.15, 0.2) is 0 Å². The molecule has 0 atom stereocenters. The quantitative estimate of drug-likeness (QED) is 0.477. The number of fused-ring (bicyclic) bond motifs is 1. The molecular weight excluding hydrogens is 415 g/mol. The van der Waals surface area contributed by atoms with E-state index in [0.29, 0.717) is 11.3 Å². The highest BCUT2D eigenvalue weighted by Crippen LogP contribution is 2.34. The number of anilines is 2. The Morgan fingerprint density at radius 3 is 2.33 bits per heavy atom. The maximum absolute atomic E-state index is 13.3. The summed E-state index contributed by atoms with van der Waals surface area (Å²) >= 11 is 0.